The molecule has 5 nitrogen and oxygen atoms in total. The van der Waals surface area contributed by atoms with Crippen LogP contribution in [-0.4, -0.2) is 15.1 Å². The van der Waals surface area contributed by atoms with Crippen molar-refractivity contribution in [3.8, 4) is 0 Å². The molecule has 7 heteroatoms. The summed E-state index contributed by atoms with van der Waals surface area (Å²) in [5.74, 6) is 0.626. The van der Waals surface area contributed by atoms with E-state index in [1.54, 1.807) is 18.2 Å². The number of halogens is 1. The Bertz CT molecular complexity index is 724. The lowest BCUT2D eigenvalue weighted by molar-refractivity contribution is 0.379. The zero-order valence-corrected chi connectivity index (χ0v) is 11.2. The fourth-order valence-electron chi connectivity index (χ4n) is 1.80. The van der Waals surface area contributed by atoms with Crippen LogP contribution in [-0.2, 0) is 12.8 Å². The summed E-state index contributed by atoms with van der Waals surface area (Å²) in [6, 6.07) is 6.53. The monoisotopic (exact) mass is 290 g/mol. The predicted octanol–water partition coefficient (Wildman–Crippen LogP) is 2.43. The lowest BCUT2D eigenvalue weighted by atomic mass is 10.1. The van der Waals surface area contributed by atoms with Crippen LogP contribution in [0.5, 0.6) is 0 Å². The van der Waals surface area contributed by atoms with Crippen LogP contribution >= 0.6 is 11.3 Å². The number of benzene rings is 1. The van der Waals surface area contributed by atoms with Crippen LogP contribution in [0.25, 0.3) is 0 Å². The molecule has 3 rings (SSSR count). The van der Waals surface area contributed by atoms with Crippen molar-refractivity contribution in [3.63, 3.8) is 0 Å². The van der Waals surface area contributed by atoms with Crippen LogP contribution in [0.3, 0.4) is 0 Å². The second kappa shape index (κ2) is 5.38. The first-order valence-electron chi connectivity index (χ1n) is 5.95. The van der Waals surface area contributed by atoms with Gasteiger partial charge in [0.25, 0.3) is 0 Å². The van der Waals surface area contributed by atoms with E-state index in [-0.39, 0.29) is 5.82 Å². The van der Waals surface area contributed by atoms with E-state index < -0.39 is 0 Å². The van der Waals surface area contributed by atoms with Gasteiger partial charge in [-0.2, -0.15) is 4.98 Å². The second-order valence-electron chi connectivity index (χ2n) is 4.23. The third-order valence-corrected chi connectivity index (χ3v) is 3.44. The molecule has 0 aliphatic rings. The van der Waals surface area contributed by atoms with E-state index >= 15 is 0 Å². The van der Waals surface area contributed by atoms with Crippen LogP contribution in [0, 0.1) is 5.82 Å². The van der Waals surface area contributed by atoms with Gasteiger partial charge >= 0.3 is 0 Å². The number of rotatable bonds is 4. The summed E-state index contributed by atoms with van der Waals surface area (Å²) in [5, 5.41) is 6.20. The Morgan fingerprint density at radius 1 is 1.20 bits per heavy atom. The minimum atomic E-state index is -0.272. The average Bonchev–Trinajstić information content (AvgIpc) is 3.02. The van der Waals surface area contributed by atoms with Crippen molar-refractivity contribution < 1.29 is 8.91 Å². The number of hydrogen-bond donors (Lipinski definition) is 1. The molecule has 0 unspecified atom stereocenters. The number of anilines is 1. The number of aromatic nitrogens is 3. The largest absolute Gasteiger partial charge is 0.375 e. The molecule has 1 aromatic carbocycles. The number of hydrogen-bond acceptors (Lipinski definition) is 6. The average molecular weight is 290 g/mol. The third-order valence-electron chi connectivity index (χ3n) is 2.72. The van der Waals surface area contributed by atoms with Crippen LogP contribution in [0.2, 0.25) is 0 Å². The van der Waals surface area contributed by atoms with Crippen LogP contribution in [0.1, 0.15) is 23.0 Å². The highest BCUT2D eigenvalue weighted by Gasteiger charge is 2.11. The van der Waals surface area contributed by atoms with Gasteiger partial charge in [0, 0.05) is 11.8 Å². The maximum atomic E-state index is 13.5. The minimum Gasteiger partial charge on any atom is -0.375 e. The number of thiazole rings is 1. The van der Waals surface area contributed by atoms with Crippen LogP contribution in [0.4, 0.5) is 9.52 Å². The van der Waals surface area contributed by atoms with Gasteiger partial charge in [0.05, 0.1) is 12.1 Å². The summed E-state index contributed by atoms with van der Waals surface area (Å²) in [5.41, 5.74) is 6.88. The molecule has 0 spiro atoms. The molecule has 0 bridgehead atoms. The SMILES string of the molecule is Nc1nc(Cc2nc(Cc3ccccc3F)no2)cs1. The molecule has 20 heavy (non-hydrogen) atoms. The van der Waals surface area contributed by atoms with Gasteiger partial charge in [-0.15, -0.1) is 11.3 Å². The molecule has 0 saturated heterocycles. The number of nitrogens with zero attached hydrogens (tertiary/aromatic N) is 3. The molecule has 0 radical (unpaired) electrons. The van der Waals surface area contributed by atoms with Gasteiger partial charge in [0.1, 0.15) is 5.82 Å². The highest BCUT2D eigenvalue weighted by molar-refractivity contribution is 7.13. The first kappa shape index (κ1) is 12.7. The first-order chi connectivity index (χ1) is 9.70. The third kappa shape index (κ3) is 2.83. The number of nitrogens with two attached hydrogens (primary N) is 1. The van der Waals surface area contributed by atoms with Crippen molar-refractivity contribution in [1.29, 1.82) is 0 Å². The maximum Gasteiger partial charge on any atom is 0.232 e. The molecule has 3 aromatic rings. The topological polar surface area (TPSA) is 77.8 Å². The van der Waals surface area contributed by atoms with E-state index in [9.17, 15) is 4.39 Å². The van der Waals surface area contributed by atoms with Crippen molar-refractivity contribution in [2.45, 2.75) is 12.8 Å². The zero-order valence-electron chi connectivity index (χ0n) is 10.4. The van der Waals surface area contributed by atoms with Gasteiger partial charge in [0.15, 0.2) is 11.0 Å². The van der Waals surface area contributed by atoms with Gasteiger partial charge in [-0.1, -0.05) is 23.4 Å². The van der Waals surface area contributed by atoms with E-state index in [1.807, 2.05) is 5.38 Å². The summed E-state index contributed by atoms with van der Waals surface area (Å²) >= 11 is 1.36. The van der Waals surface area contributed by atoms with E-state index in [1.165, 1.54) is 17.4 Å². The Hall–Kier alpha value is -2.28. The van der Waals surface area contributed by atoms with Crippen molar-refractivity contribution in [3.05, 3.63) is 58.4 Å². The molecule has 0 aliphatic carbocycles. The highest BCUT2D eigenvalue weighted by Crippen LogP contribution is 2.15. The molecule has 0 fully saturated rings. The molecule has 102 valence electrons. The van der Waals surface area contributed by atoms with Crippen molar-refractivity contribution in [2.24, 2.45) is 0 Å². The van der Waals surface area contributed by atoms with Gasteiger partial charge < -0.3 is 10.3 Å². The van der Waals surface area contributed by atoms with Crippen molar-refractivity contribution >= 4 is 16.5 Å². The van der Waals surface area contributed by atoms with E-state index in [2.05, 4.69) is 15.1 Å². The second-order valence-corrected chi connectivity index (χ2v) is 5.12. The first-order valence-corrected chi connectivity index (χ1v) is 6.83. The quantitative estimate of drug-likeness (QED) is 0.798. The Kier molecular flexibility index (Phi) is 3.42. The minimum absolute atomic E-state index is 0.272. The number of nitrogen functional groups attached to an aromatic ring is 1. The van der Waals surface area contributed by atoms with Gasteiger partial charge in [-0.3, -0.25) is 0 Å². The normalized spacial score (nSPS) is 10.8. The van der Waals surface area contributed by atoms with Gasteiger partial charge in [-0.25, -0.2) is 9.37 Å². The highest BCUT2D eigenvalue weighted by atomic mass is 32.1. The summed E-state index contributed by atoms with van der Waals surface area (Å²) in [7, 11) is 0. The summed E-state index contributed by atoms with van der Waals surface area (Å²) in [6.45, 7) is 0. The summed E-state index contributed by atoms with van der Waals surface area (Å²) < 4.78 is 18.7. The molecular formula is C13H11FN4OS. The lowest BCUT2D eigenvalue weighted by Crippen LogP contribution is -1.95. The van der Waals surface area contributed by atoms with Crippen molar-refractivity contribution in [2.75, 3.05) is 5.73 Å². The Morgan fingerprint density at radius 3 is 2.80 bits per heavy atom. The fourth-order valence-corrected chi connectivity index (χ4v) is 2.37. The molecule has 2 N–H and O–H groups in total. The van der Waals surface area contributed by atoms with Crippen molar-refractivity contribution in [1.82, 2.24) is 15.1 Å². The van der Waals surface area contributed by atoms with Gasteiger partial charge in [0.2, 0.25) is 5.89 Å². The van der Waals surface area contributed by atoms with Crippen LogP contribution < -0.4 is 5.73 Å². The Balaban J connectivity index is 1.72. The van der Waals surface area contributed by atoms with Crippen LogP contribution in [0.15, 0.2) is 34.2 Å². The van der Waals surface area contributed by atoms with E-state index in [0.717, 1.165) is 5.69 Å². The smallest absolute Gasteiger partial charge is 0.232 e. The predicted molar refractivity (Wildman–Crippen MR) is 72.8 cm³/mol. The molecule has 2 aromatic heterocycles. The maximum absolute atomic E-state index is 13.5. The summed E-state index contributed by atoms with van der Waals surface area (Å²) in [4.78, 5) is 8.35. The standard InChI is InChI=1S/C13H11FN4OS/c14-10-4-2-1-3-8(10)5-11-17-12(19-18-11)6-9-7-20-13(15)16-9/h1-4,7H,5-6H2,(H2,15,16). The van der Waals surface area contributed by atoms with Gasteiger partial charge in [-0.05, 0) is 11.6 Å². The van der Waals surface area contributed by atoms with E-state index in [0.29, 0.717) is 35.3 Å². The molecular weight excluding hydrogens is 279 g/mol. The van der Waals surface area contributed by atoms with E-state index in [4.69, 9.17) is 10.3 Å². The Labute approximate surface area is 118 Å². The molecule has 0 aliphatic heterocycles. The molecule has 2 heterocycles. The zero-order chi connectivity index (χ0) is 13.9. The summed E-state index contributed by atoms with van der Waals surface area (Å²) in [6.07, 6.45) is 0.730. The lowest BCUT2D eigenvalue weighted by Gasteiger charge is -1.97. The molecule has 0 atom stereocenters. The molecule has 0 saturated carbocycles. The fraction of sp³-hybridized carbons (Fsp3) is 0.154. The Morgan fingerprint density at radius 2 is 2.05 bits per heavy atom. The molecule has 0 amide bonds.